The van der Waals surface area contributed by atoms with Crippen LogP contribution in [0.15, 0.2) is 18.2 Å². The van der Waals surface area contributed by atoms with Gasteiger partial charge in [0.15, 0.2) is 0 Å². The van der Waals surface area contributed by atoms with Gasteiger partial charge in [0.05, 0.1) is 17.5 Å². The average Bonchev–Trinajstić information content (AvgIpc) is 2.26. The zero-order valence-electron chi connectivity index (χ0n) is 7.89. The molecule has 0 aliphatic rings. The number of benzene rings is 1. The first-order valence-electron chi connectivity index (χ1n) is 4.32. The Morgan fingerprint density at radius 2 is 2.13 bits per heavy atom. The molecule has 5 heteroatoms. The molecule has 0 aliphatic carbocycles. The van der Waals surface area contributed by atoms with Gasteiger partial charge in [-0.2, -0.15) is 5.26 Å². The number of hydrogen-bond donors (Lipinski definition) is 3. The molecule has 1 rings (SSSR count). The molecule has 2 atom stereocenters. The molecule has 4 nitrogen and oxygen atoms in total. The van der Waals surface area contributed by atoms with Crippen LogP contribution in [0.1, 0.15) is 17.2 Å². The van der Waals surface area contributed by atoms with Crippen molar-refractivity contribution in [2.24, 2.45) is 0 Å². The maximum Gasteiger partial charge on any atom is 0.107 e. The molecule has 4 N–H and O–H groups in total. The van der Waals surface area contributed by atoms with Crippen molar-refractivity contribution >= 4 is 17.3 Å². The minimum atomic E-state index is -1.19. The Bertz CT molecular complexity index is 389. The van der Waals surface area contributed by atoms with E-state index in [-0.39, 0.29) is 17.1 Å². The molecule has 0 fully saturated rings. The molecular weight excluding hydrogens is 216 g/mol. The predicted molar refractivity (Wildman–Crippen MR) is 57.3 cm³/mol. The highest BCUT2D eigenvalue weighted by atomic mass is 35.5. The molecule has 1 aromatic carbocycles. The monoisotopic (exact) mass is 226 g/mol. The van der Waals surface area contributed by atoms with E-state index < -0.39 is 12.2 Å². The maximum atomic E-state index is 9.68. The number of nitrogens with two attached hydrogens (primary N) is 1. The molecule has 0 amide bonds. The Kier molecular flexibility index (Phi) is 3.92. The summed E-state index contributed by atoms with van der Waals surface area (Å²) in [5.41, 5.74) is 6.31. The van der Waals surface area contributed by atoms with Crippen LogP contribution in [0.25, 0.3) is 0 Å². The van der Waals surface area contributed by atoms with E-state index in [1.807, 2.05) is 6.07 Å². The summed E-state index contributed by atoms with van der Waals surface area (Å²) >= 11 is 5.41. The molecule has 0 aliphatic heterocycles. The zero-order valence-corrected chi connectivity index (χ0v) is 8.65. The molecule has 0 saturated carbocycles. The van der Waals surface area contributed by atoms with Crippen molar-refractivity contribution in [1.82, 2.24) is 0 Å². The van der Waals surface area contributed by atoms with Crippen molar-refractivity contribution in [3.8, 4) is 6.07 Å². The van der Waals surface area contributed by atoms with Gasteiger partial charge >= 0.3 is 0 Å². The first-order valence-corrected chi connectivity index (χ1v) is 4.85. The quantitative estimate of drug-likeness (QED) is 0.525. The molecule has 15 heavy (non-hydrogen) atoms. The van der Waals surface area contributed by atoms with Crippen LogP contribution < -0.4 is 5.73 Å². The van der Waals surface area contributed by atoms with Crippen LogP contribution in [0.2, 0.25) is 0 Å². The standard InChI is InChI=1S/C10H11ClN2O2/c11-4-9(14)10(15)6-2-1-3-8(13)7(6)5-12/h1-3,9-10,14-15H,4,13H2. The van der Waals surface area contributed by atoms with Crippen LogP contribution in [0, 0.1) is 11.3 Å². The van der Waals surface area contributed by atoms with Gasteiger partial charge in [0.1, 0.15) is 12.2 Å². The Morgan fingerprint density at radius 3 is 2.67 bits per heavy atom. The smallest absolute Gasteiger partial charge is 0.107 e. The van der Waals surface area contributed by atoms with Gasteiger partial charge in [0.25, 0.3) is 0 Å². The zero-order chi connectivity index (χ0) is 11.4. The van der Waals surface area contributed by atoms with E-state index in [9.17, 15) is 10.2 Å². The molecule has 2 unspecified atom stereocenters. The fourth-order valence-corrected chi connectivity index (χ4v) is 1.42. The van der Waals surface area contributed by atoms with Crippen molar-refractivity contribution in [2.45, 2.75) is 12.2 Å². The first kappa shape index (κ1) is 11.8. The van der Waals surface area contributed by atoms with Crippen molar-refractivity contribution < 1.29 is 10.2 Å². The van der Waals surface area contributed by atoms with Gasteiger partial charge in [-0.15, -0.1) is 11.6 Å². The fraction of sp³-hybridized carbons (Fsp3) is 0.300. The average molecular weight is 227 g/mol. The second-order valence-corrected chi connectivity index (χ2v) is 3.40. The lowest BCUT2D eigenvalue weighted by molar-refractivity contribution is 0.0326. The lowest BCUT2D eigenvalue weighted by atomic mass is 9.98. The molecular formula is C10H11ClN2O2. The molecule has 0 spiro atoms. The first-order chi connectivity index (χ1) is 7.11. The summed E-state index contributed by atoms with van der Waals surface area (Å²) in [6.07, 6.45) is -2.30. The van der Waals surface area contributed by atoms with E-state index in [0.717, 1.165) is 0 Å². The number of nitrogen functional groups attached to an aromatic ring is 1. The maximum absolute atomic E-state index is 9.68. The van der Waals surface area contributed by atoms with Gasteiger partial charge < -0.3 is 15.9 Å². The normalized spacial score (nSPS) is 14.3. The molecule has 0 heterocycles. The van der Waals surface area contributed by atoms with Gasteiger partial charge in [-0.3, -0.25) is 0 Å². The number of aliphatic hydroxyl groups is 2. The second kappa shape index (κ2) is 4.99. The van der Waals surface area contributed by atoms with Crippen LogP contribution in [-0.4, -0.2) is 22.2 Å². The van der Waals surface area contributed by atoms with E-state index in [0.29, 0.717) is 5.56 Å². The molecule has 1 aromatic rings. The summed E-state index contributed by atoms with van der Waals surface area (Å²) in [6.45, 7) is 0. The summed E-state index contributed by atoms with van der Waals surface area (Å²) in [6, 6.07) is 6.59. The number of anilines is 1. The van der Waals surface area contributed by atoms with Crippen molar-refractivity contribution in [3.05, 3.63) is 29.3 Å². The van der Waals surface area contributed by atoms with Crippen LogP contribution in [0.5, 0.6) is 0 Å². The lowest BCUT2D eigenvalue weighted by Gasteiger charge is -2.17. The Hall–Kier alpha value is -1.28. The van der Waals surface area contributed by atoms with E-state index in [2.05, 4.69) is 0 Å². The molecule has 0 bridgehead atoms. The molecule has 0 radical (unpaired) electrons. The number of alkyl halides is 1. The van der Waals surface area contributed by atoms with Crippen molar-refractivity contribution in [2.75, 3.05) is 11.6 Å². The van der Waals surface area contributed by atoms with E-state index >= 15 is 0 Å². The summed E-state index contributed by atoms with van der Waals surface area (Å²) in [5, 5.41) is 27.9. The minimum absolute atomic E-state index is 0.110. The Balaban J connectivity index is 3.15. The number of aliphatic hydroxyl groups excluding tert-OH is 2. The van der Waals surface area contributed by atoms with Crippen LogP contribution in [0.4, 0.5) is 5.69 Å². The van der Waals surface area contributed by atoms with Crippen molar-refractivity contribution in [3.63, 3.8) is 0 Å². The van der Waals surface area contributed by atoms with E-state index in [1.54, 1.807) is 12.1 Å². The number of nitriles is 1. The van der Waals surface area contributed by atoms with Crippen LogP contribution in [0.3, 0.4) is 0 Å². The topological polar surface area (TPSA) is 90.3 Å². The second-order valence-electron chi connectivity index (χ2n) is 3.09. The summed E-state index contributed by atoms with van der Waals surface area (Å²) in [5.74, 6) is -0.110. The largest absolute Gasteiger partial charge is 0.398 e. The molecule has 0 aromatic heterocycles. The van der Waals surface area contributed by atoms with E-state index in [4.69, 9.17) is 22.6 Å². The Morgan fingerprint density at radius 1 is 1.47 bits per heavy atom. The third kappa shape index (κ3) is 2.39. The number of nitrogens with zero attached hydrogens (tertiary/aromatic N) is 1. The minimum Gasteiger partial charge on any atom is -0.398 e. The summed E-state index contributed by atoms with van der Waals surface area (Å²) in [7, 11) is 0. The van der Waals surface area contributed by atoms with Crippen molar-refractivity contribution in [1.29, 1.82) is 5.26 Å². The van der Waals surface area contributed by atoms with Gasteiger partial charge in [-0.1, -0.05) is 12.1 Å². The fourth-order valence-electron chi connectivity index (χ4n) is 1.26. The van der Waals surface area contributed by atoms with Gasteiger partial charge in [-0.05, 0) is 6.07 Å². The highest BCUT2D eigenvalue weighted by Crippen LogP contribution is 2.25. The third-order valence-corrected chi connectivity index (χ3v) is 2.40. The van der Waals surface area contributed by atoms with Gasteiger partial charge in [0, 0.05) is 11.3 Å². The number of halogens is 1. The van der Waals surface area contributed by atoms with Crippen LogP contribution in [-0.2, 0) is 0 Å². The van der Waals surface area contributed by atoms with Gasteiger partial charge in [0.2, 0.25) is 0 Å². The molecule has 0 saturated heterocycles. The SMILES string of the molecule is N#Cc1c(N)cccc1C(O)C(O)CCl. The highest BCUT2D eigenvalue weighted by molar-refractivity contribution is 6.18. The molecule has 80 valence electrons. The third-order valence-electron chi connectivity index (χ3n) is 2.08. The predicted octanol–water partition coefficient (Wildman–Crippen LogP) is 0.774. The highest BCUT2D eigenvalue weighted by Gasteiger charge is 2.21. The summed E-state index contributed by atoms with van der Waals surface area (Å²) < 4.78 is 0. The summed E-state index contributed by atoms with van der Waals surface area (Å²) in [4.78, 5) is 0. The van der Waals surface area contributed by atoms with Gasteiger partial charge in [-0.25, -0.2) is 0 Å². The Labute approximate surface area is 92.5 Å². The van der Waals surface area contributed by atoms with E-state index in [1.165, 1.54) is 6.07 Å². The van der Waals surface area contributed by atoms with Crippen LogP contribution >= 0.6 is 11.6 Å². The number of rotatable bonds is 3. The number of hydrogen-bond acceptors (Lipinski definition) is 4. The lowest BCUT2D eigenvalue weighted by Crippen LogP contribution is -2.20.